The predicted molar refractivity (Wildman–Crippen MR) is 90.1 cm³/mol. The van der Waals surface area contributed by atoms with Crippen LogP contribution in [0, 0.1) is 0 Å². The number of esters is 1. The zero-order valence-corrected chi connectivity index (χ0v) is 14.7. The van der Waals surface area contributed by atoms with E-state index < -0.39 is 17.8 Å². The minimum absolute atomic E-state index is 0.0675. The minimum atomic E-state index is -0.760. The molecule has 1 aromatic carbocycles. The molecule has 0 aromatic heterocycles. The maximum Gasteiger partial charge on any atom is 0.342 e. The SMILES string of the molecule is C[C@@H]1C[C@@H]2O[C@@H]2CCCCC(=O)Cc2c(Cl)c(O)cc(O)c2C(=O)O1. The van der Waals surface area contributed by atoms with Crippen molar-refractivity contribution in [2.45, 2.75) is 63.8 Å². The molecule has 0 amide bonds. The van der Waals surface area contributed by atoms with Gasteiger partial charge in [-0.2, -0.15) is 0 Å². The van der Waals surface area contributed by atoms with E-state index in [-0.39, 0.29) is 46.3 Å². The fraction of sp³-hybridized carbons (Fsp3) is 0.556. The van der Waals surface area contributed by atoms with Crippen molar-refractivity contribution in [3.05, 3.63) is 22.2 Å². The van der Waals surface area contributed by atoms with Gasteiger partial charge in [-0.25, -0.2) is 4.79 Å². The lowest BCUT2D eigenvalue weighted by Gasteiger charge is -2.17. The number of hydrogen-bond donors (Lipinski definition) is 2. The molecule has 3 atom stereocenters. The number of halogens is 1. The maximum absolute atomic E-state index is 12.5. The number of phenols is 2. The number of rotatable bonds is 0. The summed E-state index contributed by atoms with van der Waals surface area (Å²) in [6, 6.07) is 0.987. The molecule has 1 saturated heterocycles. The van der Waals surface area contributed by atoms with Crippen LogP contribution in [0.3, 0.4) is 0 Å². The van der Waals surface area contributed by atoms with Crippen molar-refractivity contribution in [2.24, 2.45) is 0 Å². The molecule has 2 aliphatic rings. The van der Waals surface area contributed by atoms with E-state index in [0.29, 0.717) is 12.8 Å². The quantitative estimate of drug-likeness (QED) is 0.539. The molecule has 0 saturated carbocycles. The van der Waals surface area contributed by atoms with Gasteiger partial charge in [0.25, 0.3) is 0 Å². The number of carbonyl (C=O) groups excluding carboxylic acids is 2. The highest BCUT2D eigenvalue weighted by atomic mass is 35.5. The number of hydrogen-bond acceptors (Lipinski definition) is 6. The Bertz CT molecular complexity index is 701. The van der Waals surface area contributed by atoms with Gasteiger partial charge in [-0.05, 0) is 19.8 Å². The van der Waals surface area contributed by atoms with Crippen molar-refractivity contribution in [2.75, 3.05) is 0 Å². The topological polar surface area (TPSA) is 96.4 Å². The van der Waals surface area contributed by atoms with Crippen LogP contribution in [0.4, 0.5) is 0 Å². The summed E-state index contributed by atoms with van der Waals surface area (Å²) in [5.74, 6) is -1.69. The van der Waals surface area contributed by atoms with E-state index >= 15 is 0 Å². The number of ether oxygens (including phenoxy) is 2. The number of carbonyl (C=O) groups is 2. The Balaban J connectivity index is 1.93. The van der Waals surface area contributed by atoms with E-state index in [0.717, 1.165) is 25.3 Å². The van der Waals surface area contributed by atoms with Gasteiger partial charge in [-0.1, -0.05) is 18.0 Å². The Kier molecular flexibility index (Phi) is 5.20. The minimum Gasteiger partial charge on any atom is -0.507 e. The molecule has 2 heterocycles. The third kappa shape index (κ3) is 4.07. The molecule has 136 valence electrons. The van der Waals surface area contributed by atoms with Crippen molar-refractivity contribution in [3.8, 4) is 11.5 Å². The lowest BCUT2D eigenvalue weighted by molar-refractivity contribution is -0.118. The molecular formula is C18H21ClO6. The normalized spacial score (nSPS) is 27.7. The number of fused-ring (bicyclic) bond motifs is 2. The second kappa shape index (κ2) is 7.22. The molecule has 3 rings (SSSR count). The van der Waals surface area contributed by atoms with Crippen LogP contribution in [0.15, 0.2) is 6.07 Å². The summed E-state index contributed by atoms with van der Waals surface area (Å²) in [5.41, 5.74) is -0.0488. The number of epoxide rings is 1. The zero-order chi connectivity index (χ0) is 18.1. The molecule has 0 radical (unpaired) electrons. The number of aromatic hydroxyl groups is 2. The van der Waals surface area contributed by atoms with Crippen LogP contribution in [0.2, 0.25) is 5.02 Å². The summed E-state index contributed by atoms with van der Waals surface area (Å²) in [5, 5.41) is 19.8. The van der Waals surface area contributed by atoms with Crippen molar-refractivity contribution in [1.29, 1.82) is 0 Å². The van der Waals surface area contributed by atoms with Crippen LogP contribution < -0.4 is 0 Å². The number of cyclic esters (lactones) is 1. The predicted octanol–water partition coefficient (Wildman–Crippen LogP) is 3.14. The molecule has 1 aromatic rings. The van der Waals surface area contributed by atoms with Crippen molar-refractivity contribution >= 4 is 23.4 Å². The second-order valence-electron chi connectivity index (χ2n) is 6.71. The van der Waals surface area contributed by atoms with Gasteiger partial charge in [0.05, 0.1) is 17.2 Å². The fourth-order valence-electron chi connectivity index (χ4n) is 3.29. The summed E-state index contributed by atoms with van der Waals surface area (Å²) < 4.78 is 11.0. The summed E-state index contributed by atoms with van der Waals surface area (Å²) in [7, 11) is 0. The number of benzene rings is 1. The molecule has 2 N–H and O–H groups in total. The van der Waals surface area contributed by atoms with Crippen LogP contribution in [0.5, 0.6) is 11.5 Å². The molecule has 0 spiro atoms. The Hall–Kier alpha value is -1.79. The fourth-order valence-corrected chi connectivity index (χ4v) is 3.50. The molecule has 6 nitrogen and oxygen atoms in total. The van der Waals surface area contributed by atoms with Gasteiger partial charge >= 0.3 is 5.97 Å². The van der Waals surface area contributed by atoms with Gasteiger partial charge in [0.2, 0.25) is 0 Å². The Labute approximate surface area is 150 Å². The maximum atomic E-state index is 12.5. The summed E-state index contributed by atoms with van der Waals surface area (Å²) in [6.07, 6.45) is 3.12. The number of Topliss-reactive ketones (excluding diaryl/α,β-unsaturated/α-hetero) is 1. The molecule has 0 bridgehead atoms. The highest BCUT2D eigenvalue weighted by Gasteiger charge is 2.40. The van der Waals surface area contributed by atoms with Crippen molar-refractivity contribution in [3.63, 3.8) is 0 Å². The third-order valence-corrected chi connectivity index (χ3v) is 5.08. The van der Waals surface area contributed by atoms with E-state index in [1.165, 1.54) is 0 Å². The molecule has 25 heavy (non-hydrogen) atoms. The van der Waals surface area contributed by atoms with Gasteiger partial charge in [0.15, 0.2) is 0 Å². The van der Waals surface area contributed by atoms with Crippen LogP contribution >= 0.6 is 11.6 Å². The van der Waals surface area contributed by atoms with E-state index in [1.54, 1.807) is 6.92 Å². The summed E-state index contributed by atoms with van der Waals surface area (Å²) >= 11 is 6.09. The zero-order valence-electron chi connectivity index (χ0n) is 14.0. The Morgan fingerprint density at radius 1 is 1.16 bits per heavy atom. The van der Waals surface area contributed by atoms with Crippen LogP contribution in [0.25, 0.3) is 0 Å². The Morgan fingerprint density at radius 2 is 1.92 bits per heavy atom. The molecule has 1 fully saturated rings. The van der Waals surface area contributed by atoms with E-state index in [9.17, 15) is 19.8 Å². The second-order valence-corrected chi connectivity index (χ2v) is 7.09. The van der Waals surface area contributed by atoms with Crippen molar-refractivity contribution < 1.29 is 29.3 Å². The standard InChI is InChI=1S/C18H21ClO6/c1-9-6-15-14(25-15)5-3-2-4-10(20)7-11-16(18(23)24-9)12(21)8-13(22)17(11)19/h8-9,14-15,21-22H,2-7H2,1H3/t9-,14-,15+/m1/s1. The van der Waals surface area contributed by atoms with Gasteiger partial charge in [-0.3, -0.25) is 4.79 Å². The average molecular weight is 369 g/mol. The molecule has 2 aliphatic heterocycles. The average Bonchev–Trinajstić information content (AvgIpc) is 3.25. The van der Waals surface area contributed by atoms with Gasteiger partial charge in [0.1, 0.15) is 28.9 Å². The summed E-state index contributed by atoms with van der Waals surface area (Å²) in [6.45, 7) is 1.76. The van der Waals surface area contributed by atoms with E-state index in [2.05, 4.69) is 0 Å². The number of ketones is 1. The summed E-state index contributed by atoms with van der Waals surface area (Å²) in [4.78, 5) is 24.8. The van der Waals surface area contributed by atoms with Crippen molar-refractivity contribution in [1.82, 2.24) is 0 Å². The van der Waals surface area contributed by atoms with Crippen LogP contribution in [0.1, 0.15) is 54.9 Å². The Morgan fingerprint density at radius 3 is 2.68 bits per heavy atom. The van der Waals surface area contributed by atoms with E-state index in [1.807, 2.05) is 0 Å². The highest BCUT2D eigenvalue weighted by Crippen LogP contribution is 2.38. The van der Waals surface area contributed by atoms with Gasteiger partial charge in [0, 0.05) is 30.9 Å². The third-order valence-electron chi connectivity index (χ3n) is 4.65. The molecule has 0 aliphatic carbocycles. The largest absolute Gasteiger partial charge is 0.507 e. The molecule has 7 heteroatoms. The number of phenolic OH excluding ortho intramolecular Hbond substituents is 2. The van der Waals surface area contributed by atoms with Crippen LogP contribution in [-0.4, -0.2) is 40.3 Å². The van der Waals surface area contributed by atoms with Gasteiger partial charge in [-0.15, -0.1) is 0 Å². The first-order valence-electron chi connectivity index (χ1n) is 8.48. The lowest BCUT2D eigenvalue weighted by Crippen LogP contribution is -2.20. The first-order chi connectivity index (χ1) is 11.9. The highest BCUT2D eigenvalue weighted by molar-refractivity contribution is 6.33. The lowest BCUT2D eigenvalue weighted by atomic mass is 9.97. The first-order valence-corrected chi connectivity index (χ1v) is 8.86. The monoisotopic (exact) mass is 368 g/mol. The van der Waals surface area contributed by atoms with Crippen LogP contribution in [-0.2, 0) is 20.7 Å². The van der Waals surface area contributed by atoms with E-state index in [4.69, 9.17) is 21.1 Å². The smallest absolute Gasteiger partial charge is 0.342 e. The first kappa shape index (κ1) is 18.0. The molecule has 0 unspecified atom stereocenters. The molecular weight excluding hydrogens is 348 g/mol. The van der Waals surface area contributed by atoms with Gasteiger partial charge < -0.3 is 19.7 Å².